The molecule has 0 aliphatic carbocycles. The Morgan fingerprint density at radius 3 is 2.48 bits per heavy atom. The van der Waals surface area contributed by atoms with Gasteiger partial charge < -0.3 is 10.6 Å². The van der Waals surface area contributed by atoms with Crippen LogP contribution in [-0.2, 0) is 19.6 Å². The second kappa shape index (κ2) is 8.93. The zero-order valence-electron chi connectivity index (χ0n) is 15.5. The van der Waals surface area contributed by atoms with E-state index in [0.29, 0.717) is 31.2 Å². The fourth-order valence-electron chi connectivity index (χ4n) is 2.75. The van der Waals surface area contributed by atoms with Gasteiger partial charge in [0.2, 0.25) is 0 Å². The lowest BCUT2D eigenvalue weighted by Crippen LogP contribution is -2.36. The summed E-state index contributed by atoms with van der Waals surface area (Å²) in [6.07, 6.45) is 3.23. The molecular formula is C20H23FN6. The Kier molecular flexibility index (Phi) is 6.14. The van der Waals surface area contributed by atoms with Crippen LogP contribution in [-0.4, -0.2) is 27.8 Å². The molecule has 27 heavy (non-hydrogen) atoms. The van der Waals surface area contributed by atoms with Crippen molar-refractivity contribution in [2.24, 2.45) is 4.99 Å². The number of aliphatic imine (C=N–C) groups is 1. The van der Waals surface area contributed by atoms with Crippen LogP contribution in [0.2, 0.25) is 0 Å². The molecule has 1 aromatic heterocycles. The molecule has 0 bridgehead atoms. The number of nitrogens with one attached hydrogen (secondary N) is 2. The lowest BCUT2D eigenvalue weighted by Gasteiger charge is -2.13. The molecule has 0 amide bonds. The van der Waals surface area contributed by atoms with Crippen molar-refractivity contribution in [3.63, 3.8) is 0 Å². The summed E-state index contributed by atoms with van der Waals surface area (Å²) in [7, 11) is 1.73. The molecule has 6 nitrogen and oxygen atoms in total. The molecule has 0 saturated heterocycles. The maximum absolute atomic E-state index is 13.4. The number of hydrogen-bond donors (Lipinski definition) is 2. The van der Waals surface area contributed by atoms with Crippen molar-refractivity contribution in [1.29, 1.82) is 0 Å². The van der Waals surface area contributed by atoms with E-state index in [2.05, 4.69) is 43.9 Å². The Morgan fingerprint density at radius 1 is 1.07 bits per heavy atom. The first kappa shape index (κ1) is 18.6. The Balaban J connectivity index is 1.53. The SMILES string of the molecule is CN=C(NCc1cccc(Cn2cncn2)c1)NCc1ccc(F)c(C)c1. The number of benzene rings is 2. The van der Waals surface area contributed by atoms with Crippen molar-refractivity contribution in [2.75, 3.05) is 7.05 Å². The van der Waals surface area contributed by atoms with Crippen molar-refractivity contribution in [3.05, 3.63) is 83.2 Å². The van der Waals surface area contributed by atoms with Gasteiger partial charge in [-0.25, -0.2) is 14.1 Å². The summed E-state index contributed by atoms with van der Waals surface area (Å²) in [5.41, 5.74) is 3.95. The Bertz CT molecular complexity index is 905. The van der Waals surface area contributed by atoms with Crippen LogP contribution >= 0.6 is 0 Å². The smallest absolute Gasteiger partial charge is 0.191 e. The zero-order chi connectivity index (χ0) is 19.1. The van der Waals surface area contributed by atoms with Gasteiger partial charge in [-0.1, -0.05) is 36.4 Å². The summed E-state index contributed by atoms with van der Waals surface area (Å²) < 4.78 is 15.1. The Morgan fingerprint density at radius 2 is 1.81 bits per heavy atom. The van der Waals surface area contributed by atoms with Crippen LogP contribution in [0.3, 0.4) is 0 Å². The van der Waals surface area contributed by atoms with Crippen LogP contribution in [0.15, 0.2) is 60.1 Å². The van der Waals surface area contributed by atoms with Gasteiger partial charge in [-0.15, -0.1) is 0 Å². The topological polar surface area (TPSA) is 67.1 Å². The van der Waals surface area contributed by atoms with E-state index in [9.17, 15) is 4.39 Å². The molecular weight excluding hydrogens is 343 g/mol. The second-order valence-corrected chi connectivity index (χ2v) is 6.28. The summed E-state index contributed by atoms with van der Waals surface area (Å²) >= 11 is 0. The first-order valence-corrected chi connectivity index (χ1v) is 8.74. The highest BCUT2D eigenvalue weighted by Crippen LogP contribution is 2.09. The molecule has 0 aliphatic heterocycles. The molecule has 0 saturated carbocycles. The fraction of sp³-hybridized carbons (Fsp3) is 0.250. The fourth-order valence-corrected chi connectivity index (χ4v) is 2.75. The normalized spacial score (nSPS) is 11.4. The maximum atomic E-state index is 13.4. The Labute approximate surface area is 158 Å². The molecule has 140 valence electrons. The summed E-state index contributed by atoms with van der Waals surface area (Å²) in [4.78, 5) is 8.20. The minimum absolute atomic E-state index is 0.188. The third kappa shape index (κ3) is 5.37. The number of nitrogens with zero attached hydrogens (tertiary/aromatic N) is 4. The highest BCUT2D eigenvalue weighted by atomic mass is 19.1. The third-order valence-corrected chi connectivity index (χ3v) is 4.17. The minimum atomic E-state index is -0.188. The van der Waals surface area contributed by atoms with Gasteiger partial charge in [0.1, 0.15) is 18.5 Å². The highest BCUT2D eigenvalue weighted by Gasteiger charge is 2.03. The molecule has 0 atom stereocenters. The number of guanidine groups is 1. The van der Waals surface area contributed by atoms with Crippen LogP contribution < -0.4 is 10.6 Å². The van der Waals surface area contributed by atoms with Gasteiger partial charge >= 0.3 is 0 Å². The van der Waals surface area contributed by atoms with E-state index in [4.69, 9.17) is 0 Å². The van der Waals surface area contributed by atoms with Gasteiger partial charge in [-0.2, -0.15) is 5.10 Å². The monoisotopic (exact) mass is 366 g/mol. The molecule has 2 N–H and O–H groups in total. The van der Waals surface area contributed by atoms with Crippen LogP contribution in [0.4, 0.5) is 4.39 Å². The Hall–Kier alpha value is -3.22. The predicted molar refractivity (Wildman–Crippen MR) is 104 cm³/mol. The third-order valence-electron chi connectivity index (χ3n) is 4.17. The average Bonchev–Trinajstić information content (AvgIpc) is 3.18. The first-order valence-electron chi connectivity index (χ1n) is 8.74. The minimum Gasteiger partial charge on any atom is -0.352 e. The number of rotatable bonds is 6. The second-order valence-electron chi connectivity index (χ2n) is 6.28. The van der Waals surface area contributed by atoms with Gasteiger partial charge in [0.25, 0.3) is 0 Å². The molecule has 7 heteroatoms. The van der Waals surface area contributed by atoms with E-state index in [1.165, 1.54) is 12.4 Å². The van der Waals surface area contributed by atoms with Crippen LogP contribution in [0.25, 0.3) is 0 Å². The first-order chi connectivity index (χ1) is 13.1. The standard InChI is InChI=1S/C20H23FN6/c1-15-8-17(6-7-19(15)21)11-25-20(22-2)24-10-16-4-3-5-18(9-16)12-27-14-23-13-26-27/h3-9,13-14H,10-12H2,1-2H3,(H2,22,24,25). The largest absolute Gasteiger partial charge is 0.352 e. The molecule has 0 radical (unpaired) electrons. The van der Waals surface area contributed by atoms with E-state index >= 15 is 0 Å². The summed E-state index contributed by atoms with van der Waals surface area (Å²) in [5, 5.41) is 10.7. The van der Waals surface area contributed by atoms with Gasteiger partial charge in [-0.05, 0) is 35.2 Å². The van der Waals surface area contributed by atoms with Crippen molar-refractivity contribution < 1.29 is 4.39 Å². The molecule has 2 aromatic carbocycles. The summed E-state index contributed by atoms with van der Waals surface area (Å²) in [5.74, 6) is 0.505. The molecule has 3 rings (SSSR count). The van der Waals surface area contributed by atoms with Crippen molar-refractivity contribution in [2.45, 2.75) is 26.6 Å². The quantitative estimate of drug-likeness (QED) is 0.520. The van der Waals surface area contributed by atoms with Gasteiger partial charge in [0, 0.05) is 20.1 Å². The van der Waals surface area contributed by atoms with E-state index in [-0.39, 0.29) is 5.82 Å². The highest BCUT2D eigenvalue weighted by molar-refractivity contribution is 5.79. The average molecular weight is 366 g/mol. The van der Waals surface area contributed by atoms with Crippen LogP contribution in [0.1, 0.15) is 22.3 Å². The van der Waals surface area contributed by atoms with E-state index < -0.39 is 0 Å². The maximum Gasteiger partial charge on any atom is 0.191 e. The molecule has 0 fully saturated rings. The molecule has 3 aromatic rings. The lowest BCUT2D eigenvalue weighted by atomic mass is 10.1. The van der Waals surface area contributed by atoms with Crippen molar-refractivity contribution in [1.82, 2.24) is 25.4 Å². The molecule has 1 heterocycles. The molecule has 0 aliphatic rings. The number of hydrogen-bond acceptors (Lipinski definition) is 3. The van der Waals surface area contributed by atoms with Gasteiger partial charge in [0.15, 0.2) is 5.96 Å². The number of halogens is 1. The van der Waals surface area contributed by atoms with E-state index in [0.717, 1.165) is 16.7 Å². The van der Waals surface area contributed by atoms with Crippen molar-refractivity contribution >= 4 is 5.96 Å². The number of aryl methyl sites for hydroxylation is 1. The molecule has 0 spiro atoms. The summed E-state index contributed by atoms with van der Waals surface area (Å²) in [6, 6.07) is 13.4. The van der Waals surface area contributed by atoms with Gasteiger partial charge in [-0.3, -0.25) is 4.99 Å². The van der Waals surface area contributed by atoms with E-state index in [1.807, 2.05) is 12.1 Å². The van der Waals surface area contributed by atoms with Crippen LogP contribution in [0.5, 0.6) is 0 Å². The predicted octanol–water partition coefficient (Wildman–Crippen LogP) is 2.64. The molecule has 0 unspecified atom stereocenters. The van der Waals surface area contributed by atoms with E-state index in [1.54, 1.807) is 31.0 Å². The van der Waals surface area contributed by atoms with Crippen LogP contribution in [0, 0.1) is 12.7 Å². The van der Waals surface area contributed by atoms with Gasteiger partial charge in [0.05, 0.1) is 6.54 Å². The zero-order valence-corrected chi connectivity index (χ0v) is 15.5. The number of aromatic nitrogens is 3. The van der Waals surface area contributed by atoms with Crippen molar-refractivity contribution in [3.8, 4) is 0 Å². The lowest BCUT2D eigenvalue weighted by molar-refractivity contribution is 0.617. The summed E-state index contributed by atoms with van der Waals surface area (Å²) in [6.45, 7) is 3.67.